The quantitative estimate of drug-likeness (QED) is 0.866. The number of halogens is 5. The second-order valence-electron chi connectivity index (χ2n) is 3.38. The molecule has 0 spiro atoms. The molecule has 7 heteroatoms. The molecule has 2 N–H and O–H groups in total. The van der Waals surface area contributed by atoms with Crippen LogP contribution in [0.5, 0.6) is 0 Å². The minimum absolute atomic E-state index is 0.113. The molecular formula is C10H10BrF4NO. The first kappa shape index (κ1) is 14.4. The smallest absolute Gasteiger partial charge is 0.370 e. The Kier molecular flexibility index (Phi) is 4.91. The summed E-state index contributed by atoms with van der Waals surface area (Å²) in [6, 6.07) is 3.49. The fourth-order valence-corrected chi connectivity index (χ4v) is 1.58. The maximum absolute atomic E-state index is 13.5. The fraction of sp³-hybridized carbons (Fsp3) is 0.400. The Morgan fingerprint density at radius 1 is 1.35 bits per heavy atom. The Balaban J connectivity index is 2.58. The van der Waals surface area contributed by atoms with E-state index in [1.54, 1.807) is 6.07 Å². The second kappa shape index (κ2) is 5.79. The van der Waals surface area contributed by atoms with E-state index in [0.717, 1.165) is 0 Å². The van der Waals surface area contributed by atoms with Crippen LogP contribution < -0.4 is 5.73 Å². The molecule has 1 aromatic rings. The Bertz CT molecular complexity index is 383. The number of benzene rings is 1. The summed E-state index contributed by atoms with van der Waals surface area (Å²) in [5.41, 5.74) is 5.65. The lowest BCUT2D eigenvalue weighted by molar-refractivity contribution is -0.174. The normalized spacial score (nSPS) is 13.8. The molecule has 96 valence electrons. The van der Waals surface area contributed by atoms with Crippen LogP contribution in [0.2, 0.25) is 0 Å². The van der Waals surface area contributed by atoms with Crippen LogP contribution in [0.3, 0.4) is 0 Å². The average Bonchev–Trinajstić information content (AvgIpc) is 2.20. The van der Waals surface area contributed by atoms with Crippen molar-refractivity contribution < 1.29 is 22.3 Å². The van der Waals surface area contributed by atoms with Gasteiger partial charge < -0.3 is 10.5 Å². The van der Waals surface area contributed by atoms with Crippen LogP contribution in [0.1, 0.15) is 11.6 Å². The summed E-state index contributed by atoms with van der Waals surface area (Å²) >= 11 is 2.96. The number of nitrogens with two attached hydrogens (primary N) is 1. The minimum Gasteiger partial charge on any atom is -0.370 e. The minimum atomic E-state index is -4.41. The van der Waals surface area contributed by atoms with Gasteiger partial charge in [-0.1, -0.05) is 12.1 Å². The van der Waals surface area contributed by atoms with E-state index in [-0.39, 0.29) is 10.0 Å². The second-order valence-corrected chi connectivity index (χ2v) is 4.23. The van der Waals surface area contributed by atoms with Crippen molar-refractivity contribution in [2.75, 3.05) is 13.2 Å². The van der Waals surface area contributed by atoms with Gasteiger partial charge >= 0.3 is 6.18 Å². The summed E-state index contributed by atoms with van der Waals surface area (Å²) in [7, 11) is 0. The molecule has 0 radical (unpaired) electrons. The number of ether oxygens (including phenoxy) is 1. The van der Waals surface area contributed by atoms with E-state index in [2.05, 4.69) is 20.7 Å². The number of rotatable bonds is 4. The Morgan fingerprint density at radius 2 is 2.00 bits per heavy atom. The molecule has 0 aromatic heterocycles. The van der Waals surface area contributed by atoms with Crippen LogP contribution in [-0.4, -0.2) is 19.4 Å². The zero-order valence-electron chi connectivity index (χ0n) is 8.60. The number of alkyl halides is 3. The third kappa shape index (κ3) is 4.61. The van der Waals surface area contributed by atoms with Crippen LogP contribution in [-0.2, 0) is 4.74 Å². The fourth-order valence-electron chi connectivity index (χ4n) is 1.20. The van der Waals surface area contributed by atoms with Gasteiger partial charge in [0.15, 0.2) is 0 Å². The first-order valence-electron chi connectivity index (χ1n) is 4.65. The lowest BCUT2D eigenvalue weighted by Gasteiger charge is -2.15. The van der Waals surface area contributed by atoms with Crippen molar-refractivity contribution in [3.63, 3.8) is 0 Å². The Hall–Kier alpha value is -0.660. The average molecular weight is 316 g/mol. The molecular weight excluding hydrogens is 306 g/mol. The third-order valence-corrected chi connectivity index (χ3v) is 2.56. The van der Waals surface area contributed by atoms with Crippen LogP contribution in [0.25, 0.3) is 0 Å². The van der Waals surface area contributed by atoms with Gasteiger partial charge in [0.1, 0.15) is 12.4 Å². The lowest BCUT2D eigenvalue weighted by Crippen LogP contribution is -2.23. The summed E-state index contributed by atoms with van der Waals surface area (Å²) in [6.45, 7) is -1.79. The van der Waals surface area contributed by atoms with Gasteiger partial charge in [0, 0.05) is 5.56 Å². The SMILES string of the molecule is NC(COCC(F)(F)F)c1cccc(Br)c1F. The van der Waals surface area contributed by atoms with Crippen LogP contribution in [0.4, 0.5) is 17.6 Å². The predicted octanol–water partition coefficient (Wildman–Crippen LogP) is 3.17. The molecule has 2 nitrogen and oxygen atoms in total. The molecule has 0 aliphatic heterocycles. The van der Waals surface area contributed by atoms with E-state index in [4.69, 9.17) is 5.73 Å². The molecule has 1 atom stereocenters. The summed E-state index contributed by atoms with van der Waals surface area (Å²) in [6.07, 6.45) is -4.41. The van der Waals surface area contributed by atoms with Gasteiger partial charge in [-0.3, -0.25) is 0 Å². The molecule has 0 fully saturated rings. The van der Waals surface area contributed by atoms with Gasteiger partial charge in [-0.15, -0.1) is 0 Å². The van der Waals surface area contributed by atoms with E-state index in [9.17, 15) is 17.6 Å². The van der Waals surface area contributed by atoms with E-state index in [1.165, 1.54) is 12.1 Å². The highest BCUT2D eigenvalue weighted by molar-refractivity contribution is 9.10. The van der Waals surface area contributed by atoms with Gasteiger partial charge in [0.2, 0.25) is 0 Å². The zero-order chi connectivity index (χ0) is 13.1. The standard InChI is InChI=1S/C10H10BrF4NO/c11-7-3-1-2-6(9(7)12)8(16)4-17-5-10(13,14)15/h1-3,8H,4-5,16H2. The maximum Gasteiger partial charge on any atom is 0.411 e. The molecule has 17 heavy (non-hydrogen) atoms. The molecule has 0 heterocycles. The molecule has 1 aromatic carbocycles. The monoisotopic (exact) mass is 315 g/mol. The van der Waals surface area contributed by atoms with Crippen molar-refractivity contribution in [1.29, 1.82) is 0 Å². The predicted molar refractivity (Wildman–Crippen MR) is 57.9 cm³/mol. The molecule has 0 bridgehead atoms. The number of hydrogen-bond donors (Lipinski definition) is 1. The Morgan fingerprint density at radius 3 is 2.59 bits per heavy atom. The van der Waals surface area contributed by atoms with E-state index in [0.29, 0.717) is 0 Å². The summed E-state index contributed by atoms with van der Waals surface area (Å²) < 4.78 is 53.5. The molecule has 0 saturated heterocycles. The van der Waals surface area contributed by atoms with E-state index >= 15 is 0 Å². The summed E-state index contributed by atoms with van der Waals surface area (Å²) in [5.74, 6) is -0.587. The first-order valence-corrected chi connectivity index (χ1v) is 5.44. The zero-order valence-corrected chi connectivity index (χ0v) is 10.2. The van der Waals surface area contributed by atoms with Crippen LogP contribution >= 0.6 is 15.9 Å². The molecule has 0 saturated carbocycles. The van der Waals surface area contributed by atoms with Gasteiger partial charge in [0.05, 0.1) is 17.1 Å². The van der Waals surface area contributed by atoms with Crippen LogP contribution in [0.15, 0.2) is 22.7 Å². The van der Waals surface area contributed by atoms with Crippen molar-refractivity contribution in [1.82, 2.24) is 0 Å². The van der Waals surface area contributed by atoms with Gasteiger partial charge in [-0.2, -0.15) is 13.2 Å². The highest BCUT2D eigenvalue weighted by Gasteiger charge is 2.28. The van der Waals surface area contributed by atoms with E-state index < -0.39 is 31.2 Å². The van der Waals surface area contributed by atoms with Crippen molar-refractivity contribution in [2.45, 2.75) is 12.2 Å². The summed E-state index contributed by atoms with van der Waals surface area (Å²) in [5, 5.41) is 0. The van der Waals surface area contributed by atoms with Gasteiger partial charge in [0.25, 0.3) is 0 Å². The third-order valence-electron chi connectivity index (χ3n) is 1.94. The van der Waals surface area contributed by atoms with Gasteiger partial charge in [-0.05, 0) is 22.0 Å². The van der Waals surface area contributed by atoms with Crippen molar-refractivity contribution >= 4 is 15.9 Å². The molecule has 0 aliphatic rings. The largest absolute Gasteiger partial charge is 0.411 e. The van der Waals surface area contributed by atoms with Crippen molar-refractivity contribution in [3.8, 4) is 0 Å². The molecule has 1 unspecified atom stereocenters. The highest BCUT2D eigenvalue weighted by Crippen LogP contribution is 2.23. The molecule has 0 aliphatic carbocycles. The maximum atomic E-state index is 13.5. The Labute approximate surface area is 104 Å². The van der Waals surface area contributed by atoms with Gasteiger partial charge in [-0.25, -0.2) is 4.39 Å². The van der Waals surface area contributed by atoms with Crippen LogP contribution in [0, 0.1) is 5.82 Å². The summed E-state index contributed by atoms with van der Waals surface area (Å²) in [4.78, 5) is 0. The highest BCUT2D eigenvalue weighted by atomic mass is 79.9. The van der Waals surface area contributed by atoms with Crippen molar-refractivity contribution in [3.05, 3.63) is 34.1 Å². The van der Waals surface area contributed by atoms with Crippen molar-refractivity contribution in [2.24, 2.45) is 5.73 Å². The van der Waals surface area contributed by atoms with E-state index in [1.807, 2.05) is 0 Å². The molecule has 1 rings (SSSR count). The first-order chi connectivity index (χ1) is 7.81. The topological polar surface area (TPSA) is 35.2 Å². The number of hydrogen-bond acceptors (Lipinski definition) is 2. The molecule has 0 amide bonds. The lowest BCUT2D eigenvalue weighted by atomic mass is 10.1.